The van der Waals surface area contributed by atoms with E-state index < -0.39 is 23.9 Å². The van der Waals surface area contributed by atoms with E-state index in [1.54, 1.807) is 26.0 Å². The van der Waals surface area contributed by atoms with Gasteiger partial charge in [-0.3, -0.25) is 9.59 Å². The quantitative estimate of drug-likeness (QED) is 0.479. The number of nitrogens with zero attached hydrogens (tertiary/aromatic N) is 3. The molecule has 3 aromatic rings. The Kier molecular flexibility index (Phi) is 6.80. The largest absolute Gasteiger partial charge is 0.492 e. The zero-order valence-corrected chi connectivity index (χ0v) is 20.9. The van der Waals surface area contributed by atoms with Crippen molar-refractivity contribution in [2.75, 3.05) is 33.4 Å². The number of carbonyl (C=O) groups excluding carboxylic acids is 2. The number of ether oxygens (including phenoxy) is 2. The number of carbonyl (C=O) groups is 2. The van der Waals surface area contributed by atoms with Crippen molar-refractivity contribution in [2.24, 2.45) is 5.92 Å². The maximum Gasteiger partial charge on any atom is 0.255 e. The van der Waals surface area contributed by atoms with E-state index in [1.165, 1.54) is 18.3 Å². The number of aromatic amines is 1. The molecule has 0 bridgehead atoms. The standard InChI is InChI=1S/C26H29F2N5O4/c1-13-4-7-18(37-10-15-5-6-15)21(22(13)28)24-25-23(29-12-30-24)20(14(2)31-25)26(35)32-17-9-33(8-16(17)27)19(34)11-36-3/h4,7,12,15-17,31H,5-6,8-11H2,1-3H3,(H,32,35)/t16-,17+/m0/s1. The van der Waals surface area contributed by atoms with Crippen molar-refractivity contribution in [3.63, 3.8) is 0 Å². The van der Waals surface area contributed by atoms with Crippen LogP contribution in [0.2, 0.25) is 0 Å². The predicted molar refractivity (Wildman–Crippen MR) is 132 cm³/mol. The SMILES string of the molecule is COCC(=O)N1C[C@H](F)[C@H](NC(=O)c2c(C)[nH]c3c(-c4c(OCC5CC5)ccc(C)c4F)ncnc23)C1. The lowest BCUT2D eigenvalue weighted by molar-refractivity contribution is -0.134. The Morgan fingerprint density at radius 2 is 2.00 bits per heavy atom. The third-order valence-electron chi connectivity index (χ3n) is 6.89. The molecule has 0 radical (unpaired) electrons. The second-order valence-electron chi connectivity index (χ2n) is 9.72. The van der Waals surface area contributed by atoms with E-state index in [2.05, 4.69) is 20.3 Å². The fraction of sp³-hybridized carbons (Fsp3) is 0.462. The molecule has 11 heteroatoms. The first-order chi connectivity index (χ1) is 17.8. The number of aryl methyl sites for hydroxylation is 2. The van der Waals surface area contributed by atoms with Crippen molar-refractivity contribution in [2.45, 2.75) is 38.9 Å². The van der Waals surface area contributed by atoms with Gasteiger partial charge in [-0.05, 0) is 44.2 Å². The minimum atomic E-state index is -1.42. The number of H-pyrrole nitrogens is 1. The molecule has 1 saturated heterocycles. The fourth-order valence-corrected chi connectivity index (χ4v) is 4.64. The number of alkyl halides is 1. The zero-order chi connectivity index (χ0) is 26.3. The van der Waals surface area contributed by atoms with E-state index in [0.717, 1.165) is 12.8 Å². The van der Waals surface area contributed by atoms with Crippen LogP contribution >= 0.6 is 0 Å². The van der Waals surface area contributed by atoms with Gasteiger partial charge >= 0.3 is 0 Å². The molecule has 9 nitrogen and oxygen atoms in total. The summed E-state index contributed by atoms with van der Waals surface area (Å²) in [5.74, 6) is -0.500. The summed E-state index contributed by atoms with van der Waals surface area (Å²) in [4.78, 5) is 38.4. The number of fused-ring (bicyclic) bond motifs is 1. The zero-order valence-electron chi connectivity index (χ0n) is 20.9. The molecule has 5 rings (SSSR count). The first-order valence-corrected chi connectivity index (χ1v) is 12.3. The third kappa shape index (κ3) is 4.87. The van der Waals surface area contributed by atoms with Crippen LogP contribution in [-0.2, 0) is 9.53 Å². The number of methoxy groups -OCH3 is 1. The van der Waals surface area contributed by atoms with Crippen LogP contribution in [-0.4, -0.2) is 77.3 Å². The molecule has 1 aliphatic carbocycles. The highest BCUT2D eigenvalue weighted by Gasteiger charge is 2.37. The highest BCUT2D eigenvalue weighted by atomic mass is 19.1. The van der Waals surface area contributed by atoms with E-state index in [0.29, 0.717) is 35.0 Å². The number of likely N-dealkylation sites (tertiary alicyclic amines) is 1. The second kappa shape index (κ2) is 10.0. The van der Waals surface area contributed by atoms with E-state index in [-0.39, 0.29) is 47.9 Å². The van der Waals surface area contributed by atoms with E-state index in [1.807, 2.05) is 0 Å². The Hall–Kier alpha value is -3.60. The molecule has 1 saturated carbocycles. The number of hydrogen-bond acceptors (Lipinski definition) is 6. The Labute approximate surface area is 212 Å². The Morgan fingerprint density at radius 3 is 2.73 bits per heavy atom. The van der Waals surface area contributed by atoms with Crippen molar-refractivity contribution in [1.82, 2.24) is 25.2 Å². The van der Waals surface area contributed by atoms with Crippen LogP contribution in [0.5, 0.6) is 5.75 Å². The van der Waals surface area contributed by atoms with E-state index in [4.69, 9.17) is 9.47 Å². The molecule has 2 aliphatic rings. The topological polar surface area (TPSA) is 109 Å². The molecule has 1 aromatic carbocycles. The van der Waals surface area contributed by atoms with Crippen LogP contribution in [0.15, 0.2) is 18.5 Å². The number of aromatic nitrogens is 3. The molecular weight excluding hydrogens is 484 g/mol. The van der Waals surface area contributed by atoms with Gasteiger partial charge in [-0.25, -0.2) is 18.7 Å². The normalized spacial score (nSPS) is 19.4. The van der Waals surface area contributed by atoms with Crippen molar-refractivity contribution in [3.05, 3.63) is 41.1 Å². The summed E-state index contributed by atoms with van der Waals surface area (Å²) in [6, 6.07) is 2.51. The number of rotatable bonds is 8. The molecular formula is C26H29F2N5O4. The van der Waals surface area contributed by atoms with Crippen LogP contribution in [0.25, 0.3) is 22.3 Å². The van der Waals surface area contributed by atoms with E-state index >= 15 is 4.39 Å². The summed E-state index contributed by atoms with van der Waals surface area (Å²) in [6.45, 7) is 3.60. The maximum absolute atomic E-state index is 15.4. The van der Waals surface area contributed by atoms with Crippen molar-refractivity contribution in [1.29, 1.82) is 0 Å². The molecule has 2 amide bonds. The number of nitrogens with one attached hydrogen (secondary N) is 2. The average molecular weight is 514 g/mol. The van der Waals surface area contributed by atoms with Crippen LogP contribution < -0.4 is 10.1 Å². The lowest BCUT2D eigenvalue weighted by atomic mass is 10.0. The molecule has 3 heterocycles. The van der Waals surface area contributed by atoms with Gasteiger partial charge in [0.2, 0.25) is 5.91 Å². The molecule has 1 aliphatic heterocycles. The van der Waals surface area contributed by atoms with Gasteiger partial charge in [0.05, 0.1) is 35.8 Å². The Bertz CT molecular complexity index is 1360. The summed E-state index contributed by atoms with van der Waals surface area (Å²) in [7, 11) is 1.39. The van der Waals surface area contributed by atoms with Crippen LogP contribution in [0.4, 0.5) is 8.78 Å². The minimum Gasteiger partial charge on any atom is -0.492 e. The first-order valence-electron chi connectivity index (χ1n) is 12.3. The lowest BCUT2D eigenvalue weighted by Crippen LogP contribution is -2.42. The highest BCUT2D eigenvalue weighted by molar-refractivity contribution is 6.09. The van der Waals surface area contributed by atoms with Crippen molar-refractivity contribution in [3.8, 4) is 17.0 Å². The summed E-state index contributed by atoms with van der Waals surface area (Å²) >= 11 is 0. The highest BCUT2D eigenvalue weighted by Crippen LogP contribution is 2.39. The predicted octanol–water partition coefficient (Wildman–Crippen LogP) is 3.09. The maximum atomic E-state index is 15.4. The lowest BCUT2D eigenvalue weighted by Gasteiger charge is -2.16. The molecule has 0 spiro atoms. The Morgan fingerprint density at radius 1 is 1.22 bits per heavy atom. The number of benzene rings is 1. The van der Waals surface area contributed by atoms with Crippen LogP contribution in [0, 0.1) is 25.6 Å². The van der Waals surface area contributed by atoms with Crippen LogP contribution in [0.1, 0.15) is 34.5 Å². The minimum absolute atomic E-state index is 0.0347. The summed E-state index contributed by atoms with van der Waals surface area (Å²) < 4.78 is 40.9. The second-order valence-corrected chi connectivity index (χ2v) is 9.72. The molecule has 2 fully saturated rings. The van der Waals surface area contributed by atoms with Gasteiger partial charge in [0.15, 0.2) is 0 Å². The van der Waals surface area contributed by atoms with E-state index in [9.17, 15) is 14.0 Å². The van der Waals surface area contributed by atoms with Gasteiger partial charge in [0.1, 0.15) is 41.9 Å². The van der Waals surface area contributed by atoms with Gasteiger partial charge in [-0.15, -0.1) is 0 Å². The van der Waals surface area contributed by atoms with Gasteiger partial charge in [0.25, 0.3) is 5.91 Å². The Balaban J connectivity index is 1.46. The van der Waals surface area contributed by atoms with Crippen LogP contribution in [0.3, 0.4) is 0 Å². The van der Waals surface area contributed by atoms with Crippen molar-refractivity contribution < 1.29 is 27.8 Å². The van der Waals surface area contributed by atoms with Gasteiger partial charge in [0, 0.05) is 19.3 Å². The molecule has 0 unspecified atom stereocenters. The van der Waals surface area contributed by atoms with Gasteiger partial charge in [-0.1, -0.05) is 6.07 Å². The molecule has 37 heavy (non-hydrogen) atoms. The average Bonchev–Trinajstić information content (AvgIpc) is 3.53. The summed E-state index contributed by atoms with van der Waals surface area (Å²) in [5, 5.41) is 2.69. The number of hydrogen-bond donors (Lipinski definition) is 2. The molecule has 2 aromatic heterocycles. The summed E-state index contributed by atoms with van der Waals surface area (Å²) in [6.07, 6.45) is 2.03. The molecule has 2 atom stereocenters. The van der Waals surface area contributed by atoms with Gasteiger partial charge < -0.3 is 24.7 Å². The fourth-order valence-electron chi connectivity index (χ4n) is 4.64. The summed E-state index contributed by atoms with van der Waals surface area (Å²) in [5.41, 5.74) is 2.27. The molecule has 196 valence electrons. The van der Waals surface area contributed by atoms with Gasteiger partial charge in [-0.2, -0.15) is 0 Å². The smallest absolute Gasteiger partial charge is 0.255 e. The first kappa shape index (κ1) is 25.1. The third-order valence-corrected chi connectivity index (χ3v) is 6.89. The number of amides is 2. The molecule has 2 N–H and O–H groups in total. The number of halogens is 2. The van der Waals surface area contributed by atoms with Crippen molar-refractivity contribution >= 4 is 22.8 Å². The monoisotopic (exact) mass is 513 g/mol.